The lowest BCUT2D eigenvalue weighted by atomic mass is 9.83. The standard InChI is InChI=1S/C12H15NO/c1-12(2)11(8-9-13(12)14)10-6-4-3-5-7-10/h3-7,9,11H,8H2,1-2H3/t11-/m1/s1. The molecule has 0 unspecified atom stereocenters. The molecule has 0 saturated heterocycles. The van der Waals surface area contributed by atoms with Crippen LogP contribution in [0.25, 0.3) is 0 Å². The molecule has 0 aromatic heterocycles. The van der Waals surface area contributed by atoms with Gasteiger partial charge in [0.15, 0.2) is 11.8 Å². The number of benzene rings is 1. The molecule has 2 nitrogen and oxygen atoms in total. The predicted molar refractivity (Wildman–Crippen MR) is 57.6 cm³/mol. The largest absolute Gasteiger partial charge is 0.624 e. The maximum Gasteiger partial charge on any atom is 0.174 e. The van der Waals surface area contributed by atoms with Crippen LogP contribution in [0.1, 0.15) is 31.7 Å². The number of rotatable bonds is 1. The van der Waals surface area contributed by atoms with Crippen molar-refractivity contribution < 1.29 is 4.74 Å². The fourth-order valence-electron chi connectivity index (χ4n) is 2.11. The van der Waals surface area contributed by atoms with Crippen molar-refractivity contribution in [3.8, 4) is 0 Å². The molecule has 1 aromatic rings. The Hall–Kier alpha value is -1.31. The van der Waals surface area contributed by atoms with Gasteiger partial charge in [-0.05, 0) is 5.56 Å². The highest BCUT2D eigenvalue weighted by molar-refractivity contribution is 5.57. The number of hydrogen-bond acceptors (Lipinski definition) is 1. The first-order valence-corrected chi connectivity index (χ1v) is 4.97. The van der Waals surface area contributed by atoms with E-state index in [4.69, 9.17) is 0 Å². The molecule has 2 rings (SSSR count). The second-order valence-electron chi connectivity index (χ2n) is 4.36. The number of nitrogens with zero attached hydrogens (tertiary/aromatic N) is 1. The van der Waals surface area contributed by atoms with Gasteiger partial charge in [0, 0.05) is 20.3 Å². The van der Waals surface area contributed by atoms with Crippen molar-refractivity contribution in [2.24, 2.45) is 0 Å². The third-order valence-electron chi connectivity index (χ3n) is 3.13. The van der Waals surface area contributed by atoms with Crippen molar-refractivity contribution in [1.82, 2.24) is 0 Å². The van der Waals surface area contributed by atoms with Crippen LogP contribution in [0.15, 0.2) is 30.3 Å². The molecule has 14 heavy (non-hydrogen) atoms. The molecule has 1 atom stereocenters. The summed E-state index contributed by atoms with van der Waals surface area (Å²) in [7, 11) is 0. The van der Waals surface area contributed by atoms with Crippen LogP contribution < -0.4 is 0 Å². The van der Waals surface area contributed by atoms with Crippen LogP contribution in [0.2, 0.25) is 0 Å². The average Bonchev–Trinajstić information content (AvgIpc) is 2.44. The van der Waals surface area contributed by atoms with E-state index in [1.807, 2.05) is 32.0 Å². The van der Waals surface area contributed by atoms with Crippen molar-refractivity contribution in [2.75, 3.05) is 0 Å². The molecule has 0 spiro atoms. The van der Waals surface area contributed by atoms with Gasteiger partial charge >= 0.3 is 0 Å². The minimum Gasteiger partial charge on any atom is -0.624 e. The van der Waals surface area contributed by atoms with Gasteiger partial charge in [0.1, 0.15) is 0 Å². The van der Waals surface area contributed by atoms with Crippen LogP contribution in [0.5, 0.6) is 0 Å². The highest BCUT2D eigenvalue weighted by Crippen LogP contribution is 2.36. The van der Waals surface area contributed by atoms with Crippen LogP contribution in [0, 0.1) is 5.21 Å². The molecular weight excluding hydrogens is 174 g/mol. The Kier molecular flexibility index (Phi) is 2.06. The van der Waals surface area contributed by atoms with Crippen molar-refractivity contribution in [1.29, 1.82) is 0 Å². The van der Waals surface area contributed by atoms with Gasteiger partial charge in [0.2, 0.25) is 0 Å². The molecule has 0 bridgehead atoms. The Morgan fingerprint density at radius 1 is 1.29 bits per heavy atom. The van der Waals surface area contributed by atoms with Crippen LogP contribution in [-0.2, 0) is 0 Å². The molecular formula is C12H15NO. The molecule has 0 aliphatic carbocycles. The van der Waals surface area contributed by atoms with Gasteiger partial charge in [-0.1, -0.05) is 30.3 Å². The monoisotopic (exact) mass is 189 g/mol. The van der Waals surface area contributed by atoms with Crippen LogP contribution in [0.4, 0.5) is 0 Å². The van der Waals surface area contributed by atoms with Gasteiger partial charge in [-0.3, -0.25) is 0 Å². The predicted octanol–water partition coefficient (Wildman–Crippen LogP) is 2.53. The molecule has 2 heteroatoms. The Morgan fingerprint density at radius 3 is 2.43 bits per heavy atom. The summed E-state index contributed by atoms with van der Waals surface area (Å²) in [6.07, 6.45) is 2.60. The highest BCUT2D eigenvalue weighted by Gasteiger charge is 2.42. The van der Waals surface area contributed by atoms with Gasteiger partial charge < -0.3 is 5.21 Å². The SMILES string of the molecule is CC1(C)[C@@H](c2ccccc2)CC=[N+]1[O-]. The first-order valence-electron chi connectivity index (χ1n) is 4.97. The summed E-state index contributed by atoms with van der Waals surface area (Å²) in [5, 5.41) is 11.5. The highest BCUT2D eigenvalue weighted by atomic mass is 16.5. The van der Waals surface area contributed by atoms with Crippen LogP contribution in [-0.4, -0.2) is 16.5 Å². The zero-order chi connectivity index (χ0) is 10.2. The van der Waals surface area contributed by atoms with E-state index in [9.17, 15) is 5.21 Å². The van der Waals surface area contributed by atoms with E-state index in [1.165, 1.54) is 5.56 Å². The summed E-state index contributed by atoms with van der Waals surface area (Å²) in [4.78, 5) is 0. The van der Waals surface area contributed by atoms with Gasteiger partial charge in [-0.2, -0.15) is 0 Å². The lowest BCUT2D eigenvalue weighted by Gasteiger charge is -2.25. The fraction of sp³-hybridized carbons (Fsp3) is 0.417. The Labute approximate surface area is 84.5 Å². The molecule has 0 N–H and O–H groups in total. The first kappa shape index (κ1) is 9.25. The second kappa shape index (κ2) is 3.12. The molecule has 1 aromatic carbocycles. The third-order valence-corrected chi connectivity index (χ3v) is 3.13. The van der Waals surface area contributed by atoms with E-state index in [0.717, 1.165) is 11.2 Å². The van der Waals surface area contributed by atoms with E-state index >= 15 is 0 Å². The average molecular weight is 189 g/mol. The van der Waals surface area contributed by atoms with Crippen LogP contribution in [0.3, 0.4) is 0 Å². The van der Waals surface area contributed by atoms with Crippen molar-refractivity contribution >= 4 is 6.21 Å². The summed E-state index contributed by atoms with van der Waals surface area (Å²) in [6, 6.07) is 10.3. The Balaban J connectivity index is 2.32. The molecule has 0 amide bonds. The van der Waals surface area contributed by atoms with E-state index in [0.29, 0.717) is 5.92 Å². The summed E-state index contributed by atoms with van der Waals surface area (Å²) in [5.74, 6) is 0.321. The summed E-state index contributed by atoms with van der Waals surface area (Å²) >= 11 is 0. The Bertz CT molecular complexity index is 354. The number of hydroxylamine groups is 1. The minimum absolute atomic E-state index is 0.304. The zero-order valence-electron chi connectivity index (χ0n) is 8.60. The normalized spacial score (nSPS) is 24.7. The maximum atomic E-state index is 11.5. The quantitative estimate of drug-likeness (QED) is 0.492. The maximum absolute atomic E-state index is 11.5. The molecule has 1 heterocycles. The topological polar surface area (TPSA) is 26.1 Å². The lowest BCUT2D eigenvalue weighted by molar-refractivity contribution is -0.530. The molecule has 0 radical (unpaired) electrons. The molecule has 0 fully saturated rings. The van der Waals surface area contributed by atoms with Gasteiger partial charge in [-0.15, -0.1) is 0 Å². The summed E-state index contributed by atoms with van der Waals surface area (Å²) < 4.78 is 1.09. The van der Waals surface area contributed by atoms with E-state index in [1.54, 1.807) is 6.21 Å². The fourth-order valence-corrected chi connectivity index (χ4v) is 2.11. The molecule has 0 saturated carbocycles. The molecule has 1 aliphatic rings. The van der Waals surface area contributed by atoms with Crippen molar-refractivity contribution in [3.63, 3.8) is 0 Å². The minimum atomic E-state index is -0.304. The zero-order valence-corrected chi connectivity index (χ0v) is 8.60. The lowest BCUT2D eigenvalue weighted by Crippen LogP contribution is -2.33. The van der Waals surface area contributed by atoms with E-state index in [2.05, 4.69) is 12.1 Å². The second-order valence-corrected chi connectivity index (χ2v) is 4.36. The first-order chi connectivity index (χ1) is 6.62. The van der Waals surface area contributed by atoms with E-state index < -0.39 is 0 Å². The smallest absolute Gasteiger partial charge is 0.174 e. The molecule has 1 aliphatic heterocycles. The number of hydrogen-bond donors (Lipinski definition) is 0. The van der Waals surface area contributed by atoms with Crippen molar-refractivity contribution in [3.05, 3.63) is 41.1 Å². The van der Waals surface area contributed by atoms with Gasteiger partial charge in [0.05, 0.1) is 5.92 Å². The van der Waals surface area contributed by atoms with Gasteiger partial charge in [-0.25, -0.2) is 4.74 Å². The summed E-state index contributed by atoms with van der Waals surface area (Å²) in [6.45, 7) is 4.00. The Morgan fingerprint density at radius 2 is 1.93 bits per heavy atom. The third kappa shape index (κ3) is 1.31. The van der Waals surface area contributed by atoms with Gasteiger partial charge in [0.25, 0.3) is 0 Å². The summed E-state index contributed by atoms with van der Waals surface area (Å²) in [5.41, 5.74) is 0.952. The van der Waals surface area contributed by atoms with Crippen LogP contribution >= 0.6 is 0 Å². The van der Waals surface area contributed by atoms with Crippen molar-refractivity contribution in [2.45, 2.75) is 31.7 Å². The molecule has 74 valence electrons. The van der Waals surface area contributed by atoms with E-state index in [-0.39, 0.29) is 5.54 Å².